The van der Waals surface area contributed by atoms with Crippen molar-refractivity contribution in [2.24, 2.45) is 0 Å². The lowest BCUT2D eigenvalue weighted by Crippen LogP contribution is -2.36. The maximum absolute atomic E-state index is 13.6. The minimum Gasteiger partial charge on any atom is -0.351 e. The van der Waals surface area contributed by atoms with Gasteiger partial charge in [-0.05, 0) is 26.8 Å². The third kappa shape index (κ3) is 3.48. The lowest BCUT2D eigenvalue weighted by molar-refractivity contribution is -0.225. The smallest absolute Gasteiger partial charge is 0.351 e. The molecule has 5 nitrogen and oxygen atoms in total. The van der Waals surface area contributed by atoms with Gasteiger partial charge in [0.15, 0.2) is 6.10 Å². The summed E-state index contributed by atoms with van der Waals surface area (Å²) in [5, 5.41) is 4.68. The number of hydrogen-bond donors (Lipinski definition) is 0. The van der Waals surface area contributed by atoms with E-state index in [0.29, 0.717) is 5.52 Å². The lowest BCUT2D eigenvalue weighted by atomic mass is 9.91. The lowest BCUT2D eigenvalue weighted by Gasteiger charge is -2.35. The Morgan fingerprint density at radius 3 is 2.34 bits per heavy atom. The van der Waals surface area contributed by atoms with E-state index < -0.39 is 42.1 Å². The average Bonchev–Trinajstić information content (AvgIpc) is 3.09. The third-order valence-corrected chi connectivity index (χ3v) is 5.36. The number of benzene rings is 2. The second-order valence-corrected chi connectivity index (χ2v) is 8.77. The molecule has 1 aliphatic rings. The Hall–Kier alpha value is -2.82. The van der Waals surface area contributed by atoms with Gasteiger partial charge in [-0.15, -0.1) is 0 Å². The predicted molar refractivity (Wildman–Crippen MR) is 106 cm³/mol. The molecule has 1 aromatic heterocycles. The number of aromatic nitrogens is 2. The summed E-state index contributed by atoms with van der Waals surface area (Å²) in [7, 11) is 1.39. The van der Waals surface area contributed by atoms with Crippen molar-refractivity contribution in [2.75, 3.05) is 18.7 Å². The number of carbonyl (C=O) groups is 1. The molecule has 0 amide bonds. The Labute approximate surface area is 178 Å². The summed E-state index contributed by atoms with van der Waals surface area (Å²) in [5.74, 6) is -2.13. The topological polar surface area (TPSA) is 47.4 Å². The van der Waals surface area contributed by atoms with Gasteiger partial charge in [-0.2, -0.15) is 31.4 Å². The van der Waals surface area contributed by atoms with Crippen molar-refractivity contribution < 1.29 is 35.9 Å². The van der Waals surface area contributed by atoms with Crippen LogP contribution in [0, 0.1) is 0 Å². The van der Waals surface area contributed by atoms with Crippen LogP contribution in [0.25, 0.3) is 21.7 Å². The van der Waals surface area contributed by atoms with Crippen molar-refractivity contribution >= 4 is 33.1 Å². The van der Waals surface area contributed by atoms with E-state index in [1.807, 2.05) is 20.8 Å². The van der Waals surface area contributed by atoms with E-state index >= 15 is 0 Å². The second-order valence-electron chi connectivity index (χ2n) is 8.77. The van der Waals surface area contributed by atoms with Gasteiger partial charge in [-0.1, -0.05) is 12.1 Å². The Morgan fingerprint density at radius 1 is 1.12 bits per heavy atom. The number of fused-ring (bicyclic) bond motifs is 5. The van der Waals surface area contributed by atoms with Gasteiger partial charge in [0.1, 0.15) is 12.2 Å². The molecular formula is C21H19F6N3O2. The molecule has 0 aliphatic carbocycles. The average molecular weight is 459 g/mol. The van der Waals surface area contributed by atoms with Crippen molar-refractivity contribution in [2.45, 2.75) is 44.8 Å². The molecular weight excluding hydrogens is 440 g/mol. The van der Waals surface area contributed by atoms with E-state index in [0.717, 1.165) is 6.07 Å². The zero-order valence-electron chi connectivity index (χ0n) is 17.5. The molecule has 2 heterocycles. The van der Waals surface area contributed by atoms with Gasteiger partial charge in [0.25, 0.3) is 5.78 Å². The van der Waals surface area contributed by atoms with Crippen molar-refractivity contribution in [3.8, 4) is 0 Å². The van der Waals surface area contributed by atoms with Crippen molar-refractivity contribution in [1.82, 2.24) is 9.78 Å². The molecule has 4 rings (SSSR count). The zero-order valence-corrected chi connectivity index (χ0v) is 17.5. The summed E-state index contributed by atoms with van der Waals surface area (Å²) < 4.78 is 87.6. The van der Waals surface area contributed by atoms with Gasteiger partial charge in [0, 0.05) is 40.5 Å². The molecule has 0 bridgehead atoms. The number of ketones is 1. The van der Waals surface area contributed by atoms with Crippen molar-refractivity contribution in [3.05, 3.63) is 35.5 Å². The standard InChI is InChI=1S/C21H19F6N3O2/c1-19(2,3)30-8-10-7-13(17(31)20(22,23)24)14-11(15(10)28-30)5-6-12-16(14)29(4)9-32-18(12)21(25,26)27/h5-8,18H,9H2,1-4H3. The molecule has 1 aliphatic heterocycles. The molecule has 0 N–H and O–H groups in total. The van der Waals surface area contributed by atoms with Crippen LogP contribution in [-0.4, -0.2) is 41.7 Å². The summed E-state index contributed by atoms with van der Waals surface area (Å²) >= 11 is 0. The molecule has 0 spiro atoms. The Balaban J connectivity index is 2.16. The zero-order chi connectivity index (χ0) is 23.8. The first-order chi connectivity index (χ1) is 14.6. The number of halogens is 6. The fourth-order valence-corrected chi connectivity index (χ4v) is 3.92. The van der Waals surface area contributed by atoms with E-state index in [2.05, 4.69) is 5.10 Å². The minimum absolute atomic E-state index is 0.129. The SMILES string of the molecule is CN1COC(C(F)(F)F)c2ccc3c(c(C(=O)C(F)(F)F)cc4cn(C(C)(C)C)nc43)c21. The van der Waals surface area contributed by atoms with Crippen LogP contribution in [0.5, 0.6) is 0 Å². The maximum Gasteiger partial charge on any atom is 0.454 e. The summed E-state index contributed by atoms with van der Waals surface area (Å²) in [6.45, 7) is 5.00. The van der Waals surface area contributed by atoms with Gasteiger partial charge < -0.3 is 9.64 Å². The molecule has 1 unspecified atom stereocenters. The first-order valence-electron chi connectivity index (χ1n) is 9.61. The van der Waals surface area contributed by atoms with Crippen LogP contribution in [0.1, 0.15) is 42.8 Å². The third-order valence-electron chi connectivity index (χ3n) is 5.36. The quantitative estimate of drug-likeness (QED) is 0.345. The van der Waals surface area contributed by atoms with E-state index in [1.165, 1.54) is 30.3 Å². The normalized spacial score (nSPS) is 17.8. The highest BCUT2D eigenvalue weighted by atomic mass is 19.4. The van der Waals surface area contributed by atoms with E-state index in [1.54, 1.807) is 4.68 Å². The summed E-state index contributed by atoms with van der Waals surface area (Å²) in [5.41, 5.74) is -1.43. The molecule has 32 heavy (non-hydrogen) atoms. The van der Waals surface area contributed by atoms with E-state index in [-0.39, 0.29) is 27.4 Å². The Kier molecular flexibility index (Phi) is 4.78. The molecule has 0 saturated heterocycles. The van der Waals surface area contributed by atoms with Crippen LogP contribution >= 0.6 is 0 Å². The number of hydrogen-bond acceptors (Lipinski definition) is 4. The first kappa shape index (κ1) is 22.4. The van der Waals surface area contributed by atoms with Gasteiger partial charge in [0.05, 0.1) is 11.2 Å². The maximum atomic E-state index is 13.6. The van der Waals surface area contributed by atoms with E-state index in [4.69, 9.17) is 4.74 Å². The fourth-order valence-electron chi connectivity index (χ4n) is 3.92. The predicted octanol–water partition coefficient (Wildman–Crippen LogP) is 5.72. The van der Waals surface area contributed by atoms with Crippen LogP contribution in [0.4, 0.5) is 32.0 Å². The molecule has 2 aromatic carbocycles. The highest BCUT2D eigenvalue weighted by Gasteiger charge is 2.47. The molecule has 0 radical (unpaired) electrons. The number of carbonyl (C=O) groups excluding carboxylic acids is 1. The summed E-state index contributed by atoms with van der Waals surface area (Å²) in [4.78, 5) is 13.6. The van der Waals surface area contributed by atoms with Gasteiger partial charge in [0.2, 0.25) is 0 Å². The number of ether oxygens (including phenoxy) is 1. The van der Waals surface area contributed by atoms with Gasteiger partial charge >= 0.3 is 12.4 Å². The largest absolute Gasteiger partial charge is 0.454 e. The molecule has 0 saturated carbocycles. The van der Waals surface area contributed by atoms with Crippen LogP contribution < -0.4 is 4.90 Å². The number of anilines is 1. The monoisotopic (exact) mass is 459 g/mol. The number of rotatable bonds is 1. The minimum atomic E-state index is -5.21. The summed E-state index contributed by atoms with van der Waals surface area (Å²) in [6.07, 6.45) is -10.8. The Morgan fingerprint density at radius 2 is 1.78 bits per heavy atom. The van der Waals surface area contributed by atoms with Crippen LogP contribution in [0.3, 0.4) is 0 Å². The highest BCUT2D eigenvalue weighted by molar-refractivity contribution is 6.21. The molecule has 1 atom stereocenters. The fraction of sp³-hybridized carbons (Fsp3) is 0.429. The van der Waals surface area contributed by atoms with Gasteiger partial charge in [-0.25, -0.2) is 0 Å². The van der Waals surface area contributed by atoms with Gasteiger partial charge in [-0.3, -0.25) is 9.48 Å². The highest BCUT2D eigenvalue weighted by Crippen LogP contribution is 2.48. The first-order valence-corrected chi connectivity index (χ1v) is 9.61. The number of Topliss-reactive ketones (excluding diaryl/α,β-unsaturated/α-hetero) is 1. The van der Waals surface area contributed by atoms with Crippen LogP contribution in [0.15, 0.2) is 24.4 Å². The van der Waals surface area contributed by atoms with Crippen molar-refractivity contribution in [3.63, 3.8) is 0 Å². The molecule has 0 fully saturated rings. The molecule has 11 heteroatoms. The van der Waals surface area contributed by atoms with Crippen LogP contribution in [0.2, 0.25) is 0 Å². The second kappa shape index (κ2) is 6.84. The molecule has 3 aromatic rings. The number of nitrogens with zero attached hydrogens (tertiary/aromatic N) is 3. The van der Waals surface area contributed by atoms with E-state index in [9.17, 15) is 31.1 Å². The van der Waals surface area contributed by atoms with Crippen LogP contribution in [-0.2, 0) is 10.3 Å². The number of alkyl halides is 6. The van der Waals surface area contributed by atoms with Crippen molar-refractivity contribution in [1.29, 1.82) is 0 Å². The Bertz CT molecular complexity index is 1240. The summed E-state index contributed by atoms with van der Waals surface area (Å²) in [6, 6.07) is 3.49. The molecule has 172 valence electrons.